The average molecular weight is 194 g/mol. The highest BCUT2D eigenvalue weighted by Crippen LogP contribution is 2.34. The summed E-state index contributed by atoms with van der Waals surface area (Å²) in [5, 5.41) is 13.7. The monoisotopic (exact) mass is 194 g/mol. The number of nitrogens with one attached hydrogen (secondary N) is 1. The van der Waals surface area contributed by atoms with Crippen molar-refractivity contribution in [3.8, 4) is 0 Å². The van der Waals surface area contributed by atoms with E-state index in [1.165, 1.54) is 6.07 Å². The number of non-ortho nitro benzene ring substituents is 1. The highest BCUT2D eigenvalue weighted by Gasteiger charge is 2.23. The van der Waals surface area contributed by atoms with Crippen LogP contribution in [0.3, 0.4) is 0 Å². The number of ether oxygens (including phenoxy) is 1. The summed E-state index contributed by atoms with van der Waals surface area (Å²) in [6.07, 6.45) is -0.0788. The first kappa shape index (κ1) is 8.96. The van der Waals surface area contributed by atoms with Crippen LogP contribution < -0.4 is 5.32 Å². The van der Waals surface area contributed by atoms with Crippen LogP contribution in [0.5, 0.6) is 0 Å². The van der Waals surface area contributed by atoms with Crippen LogP contribution in [-0.2, 0) is 4.74 Å². The number of benzene rings is 1. The summed E-state index contributed by atoms with van der Waals surface area (Å²) in [5.74, 6) is 0. The van der Waals surface area contributed by atoms with Gasteiger partial charge in [-0.15, -0.1) is 0 Å². The summed E-state index contributed by atoms with van der Waals surface area (Å²) in [6, 6.07) is 4.76. The van der Waals surface area contributed by atoms with Gasteiger partial charge in [0.1, 0.15) is 6.10 Å². The number of rotatable bonds is 2. The Bertz CT molecular complexity index is 378. The minimum Gasteiger partial charge on any atom is -0.382 e. The molecule has 1 aliphatic rings. The number of nitrogens with zero attached hydrogens (tertiary/aromatic N) is 1. The summed E-state index contributed by atoms with van der Waals surface area (Å²) < 4.78 is 5.19. The Balaban J connectivity index is 2.42. The van der Waals surface area contributed by atoms with Crippen molar-refractivity contribution in [2.75, 3.05) is 19.0 Å². The molecule has 5 nitrogen and oxygen atoms in total. The molecule has 0 fully saturated rings. The lowest BCUT2D eigenvalue weighted by Crippen LogP contribution is -2.03. The second-order valence-electron chi connectivity index (χ2n) is 3.13. The maximum absolute atomic E-state index is 10.5. The van der Waals surface area contributed by atoms with Crippen LogP contribution in [-0.4, -0.2) is 18.6 Å². The Hall–Kier alpha value is -1.62. The van der Waals surface area contributed by atoms with Crippen molar-refractivity contribution in [2.45, 2.75) is 6.10 Å². The van der Waals surface area contributed by atoms with Crippen molar-refractivity contribution in [1.29, 1.82) is 0 Å². The predicted molar refractivity (Wildman–Crippen MR) is 51.3 cm³/mol. The summed E-state index contributed by atoms with van der Waals surface area (Å²) in [4.78, 5) is 10.1. The topological polar surface area (TPSA) is 64.4 Å². The van der Waals surface area contributed by atoms with E-state index < -0.39 is 4.92 Å². The molecule has 0 spiro atoms. The summed E-state index contributed by atoms with van der Waals surface area (Å²) in [5.41, 5.74) is 1.89. The van der Waals surface area contributed by atoms with Gasteiger partial charge in [-0.05, 0) is 6.07 Å². The fourth-order valence-corrected chi connectivity index (χ4v) is 1.61. The van der Waals surface area contributed by atoms with Crippen molar-refractivity contribution in [3.05, 3.63) is 33.9 Å². The molecule has 1 aromatic carbocycles. The third kappa shape index (κ3) is 1.31. The van der Waals surface area contributed by atoms with Crippen LogP contribution in [0.2, 0.25) is 0 Å². The van der Waals surface area contributed by atoms with E-state index in [4.69, 9.17) is 4.74 Å². The molecule has 0 aliphatic carbocycles. The highest BCUT2D eigenvalue weighted by molar-refractivity contribution is 5.60. The quantitative estimate of drug-likeness (QED) is 0.575. The van der Waals surface area contributed by atoms with Gasteiger partial charge in [0, 0.05) is 37.0 Å². The lowest BCUT2D eigenvalue weighted by molar-refractivity contribution is -0.384. The fourth-order valence-electron chi connectivity index (χ4n) is 1.61. The van der Waals surface area contributed by atoms with Gasteiger partial charge in [-0.25, -0.2) is 0 Å². The molecule has 1 aliphatic heterocycles. The Morgan fingerprint density at radius 2 is 2.43 bits per heavy atom. The maximum atomic E-state index is 10.5. The lowest BCUT2D eigenvalue weighted by atomic mass is 10.1. The van der Waals surface area contributed by atoms with Crippen LogP contribution in [0.4, 0.5) is 11.4 Å². The molecule has 5 heteroatoms. The predicted octanol–water partition coefficient (Wildman–Crippen LogP) is 1.71. The molecular formula is C9H10N2O3. The number of anilines is 1. The number of nitro benzene ring substituents is 1. The van der Waals surface area contributed by atoms with Crippen molar-refractivity contribution < 1.29 is 9.66 Å². The van der Waals surface area contributed by atoms with E-state index in [1.807, 2.05) is 0 Å². The standard InChI is InChI=1S/C9H10N2O3/c1-14-9-5-10-8-3-2-6(11(12)13)4-7(8)9/h2-4,9-10H,5H2,1H3. The van der Waals surface area contributed by atoms with Gasteiger partial charge in [-0.1, -0.05) is 0 Å². The maximum Gasteiger partial charge on any atom is 0.269 e. The number of methoxy groups -OCH3 is 1. The second-order valence-corrected chi connectivity index (χ2v) is 3.13. The van der Waals surface area contributed by atoms with E-state index in [-0.39, 0.29) is 11.8 Å². The molecule has 0 aromatic heterocycles. The van der Waals surface area contributed by atoms with Crippen molar-refractivity contribution in [2.24, 2.45) is 0 Å². The largest absolute Gasteiger partial charge is 0.382 e. The smallest absolute Gasteiger partial charge is 0.269 e. The molecule has 1 aromatic rings. The van der Waals surface area contributed by atoms with E-state index in [0.29, 0.717) is 6.54 Å². The van der Waals surface area contributed by atoms with E-state index in [1.54, 1.807) is 19.2 Å². The Kier molecular flexibility index (Phi) is 2.09. The number of hydrogen-bond acceptors (Lipinski definition) is 4. The van der Waals surface area contributed by atoms with Crippen molar-refractivity contribution >= 4 is 11.4 Å². The number of hydrogen-bond donors (Lipinski definition) is 1. The minimum atomic E-state index is -0.397. The normalized spacial score (nSPS) is 18.8. The molecule has 1 unspecified atom stereocenters. The van der Waals surface area contributed by atoms with Crippen LogP contribution in [0, 0.1) is 10.1 Å². The van der Waals surface area contributed by atoms with Gasteiger partial charge in [0.15, 0.2) is 0 Å². The highest BCUT2D eigenvalue weighted by atomic mass is 16.6. The molecule has 1 heterocycles. The first-order valence-electron chi connectivity index (χ1n) is 4.27. The van der Waals surface area contributed by atoms with Gasteiger partial charge < -0.3 is 10.1 Å². The third-order valence-electron chi connectivity index (χ3n) is 2.36. The Morgan fingerprint density at radius 3 is 3.07 bits per heavy atom. The van der Waals surface area contributed by atoms with Crippen LogP contribution in [0.1, 0.15) is 11.7 Å². The molecular weight excluding hydrogens is 184 g/mol. The first-order chi connectivity index (χ1) is 6.72. The number of fused-ring (bicyclic) bond motifs is 1. The summed E-state index contributed by atoms with van der Waals surface area (Å²) in [7, 11) is 1.60. The van der Waals surface area contributed by atoms with E-state index in [9.17, 15) is 10.1 Å². The molecule has 0 radical (unpaired) electrons. The van der Waals surface area contributed by atoms with Gasteiger partial charge in [0.05, 0.1) is 4.92 Å². The summed E-state index contributed by atoms with van der Waals surface area (Å²) in [6.45, 7) is 0.674. The molecule has 2 rings (SSSR count). The second kappa shape index (κ2) is 3.26. The van der Waals surface area contributed by atoms with E-state index >= 15 is 0 Å². The number of nitro groups is 1. The van der Waals surface area contributed by atoms with Gasteiger partial charge in [0.25, 0.3) is 5.69 Å². The summed E-state index contributed by atoms with van der Waals surface area (Å²) >= 11 is 0. The van der Waals surface area contributed by atoms with Crippen molar-refractivity contribution in [1.82, 2.24) is 0 Å². The molecule has 0 saturated carbocycles. The zero-order valence-corrected chi connectivity index (χ0v) is 7.69. The van der Waals surface area contributed by atoms with Gasteiger partial charge in [-0.2, -0.15) is 0 Å². The van der Waals surface area contributed by atoms with E-state index in [0.717, 1.165) is 11.3 Å². The molecule has 0 bridgehead atoms. The molecule has 1 N–H and O–H groups in total. The SMILES string of the molecule is COC1CNc2ccc([N+](=O)[O-])cc21. The third-order valence-corrected chi connectivity index (χ3v) is 2.36. The zero-order valence-electron chi connectivity index (χ0n) is 7.69. The zero-order chi connectivity index (χ0) is 10.1. The van der Waals surface area contributed by atoms with Crippen LogP contribution in [0.25, 0.3) is 0 Å². The van der Waals surface area contributed by atoms with Crippen LogP contribution >= 0.6 is 0 Å². The molecule has 1 atom stereocenters. The molecule has 14 heavy (non-hydrogen) atoms. The van der Waals surface area contributed by atoms with E-state index in [2.05, 4.69) is 5.32 Å². The average Bonchev–Trinajstić information content (AvgIpc) is 2.59. The Labute approximate surface area is 80.8 Å². The first-order valence-corrected chi connectivity index (χ1v) is 4.27. The van der Waals surface area contributed by atoms with Crippen molar-refractivity contribution in [3.63, 3.8) is 0 Å². The lowest BCUT2D eigenvalue weighted by Gasteiger charge is -2.06. The molecule has 0 saturated heterocycles. The van der Waals surface area contributed by atoms with Gasteiger partial charge in [-0.3, -0.25) is 10.1 Å². The Morgan fingerprint density at radius 1 is 1.64 bits per heavy atom. The van der Waals surface area contributed by atoms with Gasteiger partial charge in [0.2, 0.25) is 0 Å². The fraction of sp³-hybridized carbons (Fsp3) is 0.333. The van der Waals surface area contributed by atoms with Crippen LogP contribution in [0.15, 0.2) is 18.2 Å². The minimum absolute atomic E-state index is 0.0788. The van der Waals surface area contributed by atoms with Gasteiger partial charge >= 0.3 is 0 Å². The molecule has 74 valence electrons. The molecule has 0 amide bonds.